The first-order valence-electron chi connectivity index (χ1n) is 9.46. The quantitative estimate of drug-likeness (QED) is 0.0659. The summed E-state index contributed by atoms with van der Waals surface area (Å²) in [6.45, 7) is -0.526. The van der Waals surface area contributed by atoms with E-state index < -0.39 is 42.3 Å². The summed E-state index contributed by atoms with van der Waals surface area (Å²) in [4.78, 5) is 55.0. The van der Waals surface area contributed by atoms with E-state index in [0.29, 0.717) is 12.8 Å². The highest BCUT2D eigenvalue weighted by Gasteiger charge is 2.26. The van der Waals surface area contributed by atoms with E-state index in [0.717, 1.165) is 0 Å². The normalized spacial score (nSPS) is 12.0. The molecule has 0 aliphatic heterocycles. The number of amides is 3. The van der Waals surface area contributed by atoms with Crippen LogP contribution in [0.25, 0.3) is 0 Å². The monoisotopic (exact) mass is 444 g/mol. The summed E-state index contributed by atoms with van der Waals surface area (Å²) in [5.74, 6) is -3.40. The van der Waals surface area contributed by atoms with Crippen LogP contribution < -0.4 is 44.6 Å². The second kappa shape index (κ2) is 15.3. The van der Waals surface area contributed by atoms with Crippen molar-refractivity contribution in [3.8, 4) is 0 Å². The number of guanidine groups is 2. The fraction of sp³-hybridized carbons (Fsp3) is 0.625. The van der Waals surface area contributed by atoms with Gasteiger partial charge in [-0.15, -0.1) is 0 Å². The third-order valence-electron chi connectivity index (χ3n) is 3.77. The summed E-state index contributed by atoms with van der Waals surface area (Å²) in [6, 6.07) is -2.08. The number of aliphatic carboxylic acids is 1. The van der Waals surface area contributed by atoms with Crippen LogP contribution >= 0.6 is 0 Å². The van der Waals surface area contributed by atoms with Gasteiger partial charge in [0, 0.05) is 13.1 Å². The van der Waals surface area contributed by atoms with Crippen LogP contribution in [0.1, 0.15) is 25.7 Å². The molecule has 14 N–H and O–H groups in total. The number of hydrogen-bond acceptors (Lipinski definition) is 7. The molecule has 31 heavy (non-hydrogen) atoms. The molecule has 0 rings (SSSR count). The predicted molar refractivity (Wildman–Crippen MR) is 113 cm³/mol. The number of hydrogen-bond donors (Lipinski definition) is 9. The molecule has 0 spiro atoms. The zero-order valence-electron chi connectivity index (χ0n) is 17.2. The SMILES string of the molecule is NCC(=O)NC(CCCN=C(N)N)C(=O)NC(CCCN=C(N)N)C(=O)NCC(=O)O. The lowest BCUT2D eigenvalue weighted by atomic mass is 10.1. The number of carbonyl (C=O) groups is 4. The van der Waals surface area contributed by atoms with Crippen LogP contribution in [0.4, 0.5) is 0 Å². The molecule has 176 valence electrons. The minimum atomic E-state index is -1.24. The van der Waals surface area contributed by atoms with Crippen LogP contribution in [0.15, 0.2) is 9.98 Å². The highest BCUT2D eigenvalue weighted by molar-refractivity contribution is 5.93. The van der Waals surface area contributed by atoms with E-state index in [2.05, 4.69) is 25.9 Å². The van der Waals surface area contributed by atoms with E-state index in [4.69, 9.17) is 33.8 Å². The number of aliphatic imine (C=N–C) groups is 2. The topological polar surface area (TPSA) is 279 Å². The van der Waals surface area contributed by atoms with Crippen molar-refractivity contribution < 1.29 is 24.3 Å². The maximum atomic E-state index is 12.7. The second-order valence-corrected chi connectivity index (χ2v) is 6.39. The van der Waals surface area contributed by atoms with Crippen molar-refractivity contribution in [1.82, 2.24) is 16.0 Å². The minimum absolute atomic E-state index is 0.108. The van der Waals surface area contributed by atoms with E-state index in [1.807, 2.05) is 0 Å². The van der Waals surface area contributed by atoms with Gasteiger partial charge in [-0.05, 0) is 25.7 Å². The summed E-state index contributed by atoms with van der Waals surface area (Å²) in [6.07, 6.45) is 0.986. The Balaban J connectivity index is 5.18. The number of nitrogens with zero attached hydrogens (tertiary/aromatic N) is 2. The fourth-order valence-electron chi connectivity index (χ4n) is 2.36. The number of nitrogens with one attached hydrogen (secondary N) is 3. The fourth-order valence-corrected chi connectivity index (χ4v) is 2.36. The molecule has 0 fully saturated rings. The molecule has 0 saturated carbocycles. The average molecular weight is 444 g/mol. The van der Waals surface area contributed by atoms with Crippen LogP contribution in [0.2, 0.25) is 0 Å². The van der Waals surface area contributed by atoms with Crippen molar-refractivity contribution in [3.05, 3.63) is 0 Å². The standard InChI is InChI=1S/C16H32N10O5/c17-7-11(27)25-10(4-2-6-23-16(20)21)14(31)26-9(3-1-5-22-15(18)19)13(30)24-8-12(28)29/h9-10H,1-8,17H2,(H,24,30)(H,25,27)(H,26,31)(H,28,29)(H4,18,19,22)(H4,20,21,23). The molecule has 0 heterocycles. The van der Waals surface area contributed by atoms with Gasteiger partial charge in [-0.2, -0.15) is 0 Å². The Kier molecular flexibility index (Phi) is 13.5. The lowest BCUT2D eigenvalue weighted by molar-refractivity contribution is -0.138. The minimum Gasteiger partial charge on any atom is -0.480 e. The molecule has 0 saturated heterocycles. The number of rotatable bonds is 15. The third-order valence-corrected chi connectivity index (χ3v) is 3.77. The van der Waals surface area contributed by atoms with Gasteiger partial charge < -0.3 is 49.7 Å². The van der Waals surface area contributed by atoms with Crippen molar-refractivity contribution in [3.63, 3.8) is 0 Å². The number of carbonyl (C=O) groups excluding carboxylic acids is 3. The van der Waals surface area contributed by atoms with E-state index in [-0.39, 0.29) is 44.4 Å². The Morgan fingerprint density at radius 3 is 1.71 bits per heavy atom. The number of carboxylic acid groups (broad SMARTS) is 1. The van der Waals surface area contributed by atoms with Crippen molar-refractivity contribution in [1.29, 1.82) is 0 Å². The zero-order valence-corrected chi connectivity index (χ0v) is 17.2. The highest BCUT2D eigenvalue weighted by Crippen LogP contribution is 2.03. The molecular weight excluding hydrogens is 412 g/mol. The molecule has 15 heteroatoms. The first kappa shape index (κ1) is 27.4. The van der Waals surface area contributed by atoms with E-state index >= 15 is 0 Å². The summed E-state index contributed by atoms with van der Waals surface area (Å²) in [5.41, 5.74) is 26.3. The van der Waals surface area contributed by atoms with Crippen LogP contribution in [0.5, 0.6) is 0 Å². The van der Waals surface area contributed by atoms with Crippen LogP contribution in [0, 0.1) is 0 Å². The van der Waals surface area contributed by atoms with Gasteiger partial charge in [0.25, 0.3) is 0 Å². The number of carboxylic acids is 1. The Morgan fingerprint density at radius 1 is 0.806 bits per heavy atom. The smallest absolute Gasteiger partial charge is 0.322 e. The summed E-state index contributed by atoms with van der Waals surface area (Å²) in [5, 5.41) is 15.9. The molecule has 2 unspecified atom stereocenters. The molecule has 3 amide bonds. The van der Waals surface area contributed by atoms with Crippen LogP contribution in [-0.4, -0.2) is 79.0 Å². The van der Waals surface area contributed by atoms with Gasteiger partial charge in [-0.25, -0.2) is 0 Å². The van der Waals surface area contributed by atoms with E-state index in [9.17, 15) is 19.2 Å². The third kappa shape index (κ3) is 14.1. The maximum Gasteiger partial charge on any atom is 0.322 e. The Morgan fingerprint density at radius 2 is 1.29 bits per heavy atom. The Hall–Kier alpha value is -3.62. The molecule has 0 aliphatic carbocycles. The highest BCUT2D eigenvalue weighted by atomic mass is 16.4. The maximum absolute atomic E-state index is 12.7. The Labute approximate surface area is 179 Å². The van der Waals surface area contributed by atoms with Crippen molar-refractivity contribution in [2.24, 2.45) is 38.7 Å². The molecule has 0 aliphatic rings. The van der Waals surface area contributed by atoms with Gasteiger partial charge in [-0.1, -0.05) is 0 Å². The number of nitrogens with two attached hydrogens (primary N) is 5. The van der Waals surface area contributed by atoms with Gasteiger partial charge in [0.1, 0.15) is 18.6 Å². The lowest BCUT2D eigenvalue weighted by Gasteiger charge is -2.23. The van der Waals surface area contributed by atoms with Gasteiger partial charge in [0.2, 0.25) is 17.7 Å². The lowest BCUT2D eigenvalue weighted by Crippen LogP contribution is -2.54. The molecule has 0 aromatic carbocycles. The van der Waals surface area contributed by atoms with E-state index in [1.54, 1.807) is 0 Å². The average Bonchev–Trinajstić information content (AvgIpc) is 2.69. The summed E-state index contributed by atoms with van der Waals surface area (Å²) in [7, 11) is 0. The van der Waals surface area contributed by atoms with Crippen LogP contribution in [-0.2, 0) is 19.2 Å². The largest absolute Gasteiger partial charge is 0.480 e. The predicted octanol–water partition coefficient (Wildman–Crippen LogP) is -4.78. The molecule has 0 bridgehead atoms. The summed E-state index contributed by atoms with van der Waals surface area (Å²) >= 11 is 0. The van der Waals surface area contributed by atoms with Crippen molar-refractivity contribution in [2.75, 3.05) is 26.2 Å². The van der Waals surface area contributed by atoms with Gasteiger partial charge >= 0.3 is 5.97 Å². The molecule has 0 radical (unpaired) electrons. The first-order chi connectivity index (χ1) is 14.6. The molecule has 2 atom stereocenters. The summed E-state index contributed by atoms with van der Waals surface area (Å²) < 4.78 is 0. The zero-order chi connectivity index (χ0) is 23.8. The Bertz CT molecular complexity index is 674. The van der Waals surface area contributed by atoms with Gasteiger partial charge in [0.15, 0.2) is 11.9 Å². The van der Waals surface area contributed by atoms with Crippen molar-refractivity contribution in [2.45, 2.75) is 37.8 Å². The van der Waals surface area contributed by atoms with Gasteiger partial charge in [0.05, 0.1) is 6.54 Å². The van der Waals surface area contributed by atoms with Gasteiger partial charge in [-0.3, -0.25) is 29.2 Å². The first-order valence-corrected chi connectivity index (χ1v) is 9.46. The molecule has 0 aromatic heterocycles. The van der Waals surface area contributed by atoms with Crippen molar-refractivity contribution >= 4 is 35.6 Å². The van der Waals surface area contributed by atoms with E-state index in [1.165, 1.54) is 0 Å². The molecular formula is C16H32N10O5. The van der Waals surface area contributed by atoms with Crippen LogP contribution in [0.3, 0.4) is 0 Å². The molecule has 15 nitrogen and oxygen atoms in total. The second-order valence-electron chi connectivity index (χ2n) is 6.39. The molecule has 0 aromatic rings.